The van der Waals surface area contributed by atoms with Crippen LogP contribution in [0.15, 0.2) is 22.8 Å². The Balaban J connectivity index is 1.91. The van der Waals surface area contributed by atoms with Crippen molar-refractivity contribution in [3.63, 3.8) is 0 Å². The lowest BCUT2D eigenvalue weighted by Gasteiger charge is -2.30. The van der Waals surface area contributed by atoms with Crippen LogP contribution in [-0.4, -0.2) is 24.0 Å². The molecular formula is C16H28N2O. The standard InChI is InChI=1S/C16H28N2O/c1-16(2,3)9-13(10-17)11-18(14-6-7-14)12-15-5-4-8-19-15/h4-5,8,13-14H,6-7,9-12,17H2,1-3H3. The molecule has 1 aliphatic carbocycles. The smallest absolute Gasteiger partial charge is 0.117 e. The van der Waals surface area contributed by atoms with Gasteiger partial charge in [0.15, 0.2) is 0 Å². The van der Waals surface area contributed by atoms with Crippen LogP contribution >= 0.6 is 0 Å². The zero-order chi connectivity index (χ0) is 13.9. The third kappa shape index (κ3) is 5.00. The van der Waals surface area contributed by atoms with Gasteiger partial charge in [-0.3, -0.25) is 4.90 Å². The quantitative estimate of drug-likeness (QED) is 0.822. The molecule has 1 aromatic rings. The maximum Gasteiger partial charge on any atom is 0.117 e. The average Bonchev–Trinajstić information content (AvgIpc) is 3.05. The molecule has 0 aliphatic heterocycles. The molecule has 108 valence electrons. The van der Waals surface area contributed by atoms with Crippen LogP contribution in [0.25, 0.3) is 0 Å². The first-order valence-corrected chi connectivity index (χ1v) is 7.44. The largest absolute Gasteiger partial charge is 0.468 e. The predicted octanol–water partition coefficient (Wildman–Crippen LogP) is 3.26. The summed E-state index contributed by atoms with van der Waals surface area (Å²) < 4.78 is 5.49. The Bertz CT molecular complexity index is 363. The Labute approximate surface area is 117 Å². The van der Waals surface area contributed by atoms with Crippen LogP contribution < -0.4 is 5.73 Å². The molecule has 3 nitrogen and oxygen atoms in total. The minimum Gasteiger partial charge on any atom is -0.468 e. The maximum atomic E-state index is 5.97. The Hall–Kier alpha value is -0.800. The summed E-state index contributed by atoms with van der Waals surface area (Å²) in [4.78, 5) is 2.56. The second-order valence-electron chi connectivity index (χ2n) is 7.11. The van der Waals surface area contributed by atoms with Crippen molar-refractivity contribution in [3.05, 3.63) is 24.2 Å². The molecule has 0 radical (unpaired) electrons. The van der Waals surface area contributed by atoms with Gasteiger partial charge in [-0.25, -0.2) is 0 Å². The molecule has 0 saturated heterocycles. The van der Waals surface area contributed by atoms with Gasteiger partial charge in [-0.05, 0) is 49.3 Å². The van der Waals surface area contributed by atoms with Crippen LogP contribution in [0.5, 0.6) is 0 Å². The van der Waals surface area contributed by atoms with Crippen molar-refractivity contribution in [2.24, 2.45) is 17.1 Å². The highest BCUT2D eigenvalue weighted by Gasteiger charge is 2.31. The maximum absolute atomic E-state index is 5.97. The second kappa shape index (κ2) is 6.10. The van der Waals surface area contributed by atoms with Crippen LogP contribution in [0.2, 0.25) is 0 Å². The fourth-order valence-electron chi connectivity index (χ4n) is 2.81. The molecule has 1 fully saturated rings. The van der Waals surface area contributed by atoms with Gasteiger partial charge in [0.25, 0.3) is 0 Å². The lowest BCUT2D eigenvalue weighted by Crippen LogP contribution is -2.36. The molecule has 3 heteroatoms. The molecule has 2 rings (SSSR count). The molecule has 1 aliphatic rings. The Morgan fingerprint density at radius 3 is 2.63 bits per heavy atom. The van der Waals surface area contributed by atoms with Crippen LogP contribution in [-0.2, 0) is 6.54 Å². The molecule has 2 N–H and O–H groups in total. The third-order valence-electron chi connectivity index (χ3n) is 3.73. The van der Waals surface area contributed by atoms with Crippen molar-refractivity contribution in [2.75, 3.05) is 13.1 Å². The lowest BCUT2D eigenvalue weighted by atomic mass is 9.84. The molecule has 0 spiro atoms. The van der Waals surface area contributed by atoms with Gasteiger partial charge in [0.2, 0.25) is 0 Å². The van der Waals surface area contributed by atoms with Gasteiger partial charge in [-0.15, -0.1) is 0 Å². The van der Waals surface area contributed by atoms with Gasteiger partial charge in [0.1, 0.15) is 5.76 Å². The van der Waals surface area contributed by atoms with Crippen molar-refractivity contribution in [2.45, 2.75) is 52.6 Å². The molecule has 1 aromatic heterocycles. The van der Waals surface area contributed by atoms with Crippen molar-refractivity contribution >= 4 is 0 Å². The van der Waals surface area contributed by atoms with Gasteiger partial charge < -0.3 is 10.2 Å². The van der Waals surface area contributed by atoms with E-state index in [-0.39, 0.29) is 0 Å². The molecule has 0 aromatic carbocycles. The first-order chi connectivity index (χ1) is 8.98. The average molecular weight is 264 g/mol. The van der Waals surface area contributed by atoms with E-state index in [1.165, 1.54) is 19.3 Å². The molecular weight excluding hydrogens is 236 g/mol. The summed E-state index contributed by atoms with van der Waals surface area (Å²) in [5.74, 6) is 1.65. The Morgan fingerprint density at radius 2 is 2.16 bits per heavy atom. The summed E-state index contributed by atoms with van der Waals surface area (Å²) in [5, 5.41) is 0. The highest BCUT2D eigenvalue weighted by molar-refractivity contribution is 5.00. The van der Waals surface area contributed by atoms with E-state index in [0.29, 0.717) is 11.3 Å². The van der Waals surface area contributed by atoms with Gasteiger partial charge in [0.05, 0.1) is 12.8 Å². The van der Waals surface area contributed by atoms with E-state index in [2.05, 4.69) is 31.7 Å². The second-order valence-corrected chi connectivity index (χ2v) is 7.11. The number of furan rings is 1. The summed E-state index contributed by atoms with van der Waals surface area (Å²) in [6.07, 6.45) is 5.60. The van der Waals surface area contributed by atoms with Gasteiger partial charge in [-0.1, -0.05) is 20.8 Å². The van der Waals surface area contributed by atoms with Crippen LogP contribution in [0, 0.1) is 11.3 Å². The molecule has 19 heavy (non-hydrogen) atoms. The summed E-state index contributed by atoms with van der Waals surface area (Å²) in [7, 11) is 0. The zero-order valence-corrected chi connectivity index (χ0v) is 12.6. The van der Waals surface area contributed by atoms with E-state index in [1.807, 2.05) is 6.07 Å². The van der Waals surface area contributed by atoms with Crippen molar-refractivity contribution in [1.82, 2.24) is 4.90 Å². The number of rotatable bonds is 7. The zero-order valence-electron chi connectivity index (χ0n) is 12.6. The van der Waals surface area contributed by atoms with E-state index < -0.39 is 0 Å². The molecule has 1 atom stereocenters. The van der Waals surface area contributed by atoms with E-state index in [0.717, 1.165) is 31.4 Å². The summed E-state index contributed by atoms with van der Waals surface area (Å²) in [6, 6.07) is 4.78. The first-order valence-electron chi connectivity index (χ1n) is 7.44. The number of nitrogens with zero attached hydrogens (tertiary/aromatic N) is 1. The summed E-state index contributed by atoms with van der Waals surface area (Å²) >= 11 is 0. The monoisotopic (exact) mass is 264 g/mol. The van der Waals surface area contributed by atoms with Crippen LogP contribution in [0.3, 0.4) is 0 Å². The minimum atomic E-state index is 0.351. The molecule has 0 amide bonds. The normalized spacial score (nSPS) is 17.9. The summed E-state index contributed by atoms with van der Waals surface area (Å²) in [6.45, 7) is 9.69. The molecule has 1 heterocycles. The number of hydrogen-bond donors (Lipinski definition) is 1. The number of nitrogens with two attached hydrogens (primary N) is 1. The third-order valence-corrected chi connectivity index (χ3v) is 3.73. The lowest BCUT2D eigenvalue weighted by molar-refractivity contribution is 0.171. The van der Waals surface area contributed by atoms with E-state index in [1.54, 1.807) is 6.26 Å². The molecule has 0 bridgehead atoms. The van der Waals surface area contributed by atoms with Gasteiger partial charge >= 0.3 is 0 Å². The van der Waals surface area contributed by atoms with E-state index in [4.69, 9.17) is 10.2 Å². The Kier molecular flexibility index (Phi) is 4.69. The van der Waals surface area contributed by atoms with Crippen molar-refractivity contribution < 1.29 is 4.42 Å². The van der Waals surface area contributed by atoms with Crippen LogP contribution in [0.4, 0.5) is 0 Å². The summed E-state index contributed by atoms with van der Waals surface area (Å²) in [5.41, 5.74) is 6.32. The molecule has 1 unspecified atom stereocenters. The van der Waals surface area contributed by atoms with Gasteiger partial charge in [-0.2, -0.15) is 0 Å². The van der Waals surface area contributed by atoms with E-state index >= 15 is 0 Å². The molecule has 1 saturated carbocycles. The predicted molar refractivity (Wildman–Crippen MR) is 78.8 cm³/mol. The fourth-order valence-corrected chi connectivity index (χ4v) is 2.81. The first kappa shape index (κ1) is 14.6. The fraction of sp³-hybridized carbons (Fsp3) is 0.750. The highest BCUT2D eigenvalue weighted by atomic mass is 16.3. The number of hydrogen-bond acceptors (Lipinski definition) is 3. The Morgan fingerprint density at radius 1 is 1.42 bits per heavy atom. The SMILES string of the molecule is CC(C)(C)CC(CN)CN(Cc1ccco1)C1CC1. The highest BCUT2D eigenvalue weighted by Crippen LogP contribution is 2.31. The van der Waals surface area contributed by atoms with Gasteiger partial charge in [0, 0.05) is 12.6 Å². The van der Waals surface area contributed by atoms with Crippen LogP contribution in [0.1, 0.15) is 45.8 Å². The topological polar surface area (TPSA) is 42.4 Å². The van der Waals surface area contributed by atoms with Crippen molar-refractivity contribution in [3.8, 4) is 0 Å². The van der Waals surface area contributed by atoms with E-state index in [9.17, 15) is 0 Å². The minimum absolute atomic E-state index is 0.351. The van der Waals surface area contributed by atoms with Crippen molar-refractivity contribution in [1.29, 1.82) is 0 Å².